The Kier molecular flexibility index (Phi) is 4.00. The van der Waals surface area contributed by atoms with Gasteiger partial charge < -0.3 is 5.32 Å². The monoisotopic (exact) mass is 254 g/mol. The number of amides is 1. The Morgan fingerprint density at radius 1 is 1.44 bits per heavy atom. The quantitative estimate of drug-likeness (QED) is 0.665. The molecular weight excluding hydrogens is 239 g/mol. The molecule has 0 aromatic heterocycles. The summed E-state index contributed by atoms with van der Waals surface area (Å²) >= 11 is 0. The molecule has 0 atom stereocenters. The lowest BCUT2D eigenvalue weighted by Crippen LogP contribution is -2.32. The highest BCUT2D eigenvalue weighted by atomic mass is 19.1. The zero-order valence-electron chi connectivity index (χ0n) is 10.5. The molecule has 98 valence electrons. The SMILES string of the molecule is CC(C)(C)CNC(=O)c1cc(F)ccc1[N+](=O)[O-]. The fourth-order valence-electron chi connectivity index (χ4n) is 1.29. The van der Waals surface area contributed by atoms with Crippen molar-refractivity contribution in [2.75, 3.05) is 6.54 Å². The van der Waals surface area contributed by atoms with Crippen LogP contribution < -0.4 is 5.32 Å². The van der Waals surface area contributed by atoms with Gasteiger partial charge in [-0.25, -0.2) is 4.39 Å². The topological polar surface area (TPSA) is 72.2 Å². The van der Waals surface area contributed by atoms with E-state index in [0.717, 1.165) is 18.2 Å². The second-order valence-corrected chi connectivity index (χ2v) is 5.16. The summed E-state index contributed by atoms with van der Waals surface area (Å²) in [5.41, 5.74) is -0.815. The molecule has 6 heteroatoms. The van der Waals surface area contributed by atoms with Crippen LogP contribution in [0.15, 0.2) is 18.2 Å². The molecule has 0 fully saturated rings. The number of nitrogens with one attached hydrogen (secondary N) is 1. The average molecular weight is 254 g/mol. The summed E-state index contributed by atoms with van der Waals surface area (Å²) in [5, 5.41) is 13.3. The van der Waals surface area contributed by atoms with Crippen molar-refractivity contribution in [3.8, 4) is 0 Å². The summed E-state index contributed by atoms with van der Waals surface area (Å²) in [6, 6.07) is 2.82. The van der Waals surface area contributed by atoms with Crippen LogP contribution >= 0.6 is 0 Å². The molecule has 1 N–H and O–H groups in total. The van der Waals surface area contributed by atoms with Gasteiger partial charge in [0.05, 0.1) is 4.92 Å². The normalized spacial score (nSPS) is 11.1. The smallest absolute Gasteiger partial charge is 0.282 e. The van der Waals surface area contributed by atoms with Gasteiger partial charge in [0, 0.05) is 12.6 Å². The van der Waals surface area contributed by atoms with E-state index >= 15 is 0 Å². The molecule has 0 aliphatic carbocycles. The van der Waals surface area contributed by atoms with Gasteiger partial charge in [0.1, 0.15) is 11.4 Å². The minimum Gasteiger partial charge on any atom is -0.351 e. The van der Waals surface area contributed by atoms with Gasteiger partial charge in [0.25, 0.3) is 11.6 Å². The highest BCUT2D eigenvalue weighted by Crippen LogP contribution is 2.20. The van der Waals surface area contributed by atoms with Crippen LogP contribution in [0.4, 0.5) is 10.1 Å². The number of carbonyl (C=O) groups excluding carboxylic acids is 1. The highest BCUT2D eigenvalue weighted by Gasteiger charge is 2.22. The van der Waals surface area contributed by atoms with Crippen molar-refractivity contribution in [3.05, 3.63) is 39.7 Å². The molecule has 0 aliphatic rings. The molecule has 0 heterocycles. The summed E-state index contributed by atoms with van der Waals surface area (Å²) in [4.78, 5) is 21.8. The maximum absolute atomic E-state index is 13.0. The van der Waals surface area contributed by atoms with Crippen LogP contribution in [0.25, 0.3) is 0 Å². The summed E-state index contributed by atoms with van der Waals surface area (Å²) < 4.78 is 13.0. The van der Waals surface area contributed by atoms with E-state index in [9.17, 15) is 19.3 Å². The third-order valence-electron chi connectivity index (χ3n) is 2.18. The van der Waals surface area contributed by atoms with E-state index in [2.05, 4.69) is 5.32 Å². The minimum absolute atomic E-state index is 0.155. The highest BCUT2D eigenvalue weighted by molar-refractivity contribution is 5.98. The molecule has 0 saturated heterocycles. The van der Waals surface area contributed by atoms with Crippen LogP contribution in [0.3, 0.4) is 0 Å². The predicted molar refractivity (Wildman–Crippen MR) is 64.8 cm³/mol. The van der Waals surface area contributed by atoms with Crippen molar-refractivity contribution in [2.45, 2.75) is 20.8 Å². The zero-order valence-corrected chi connectivity index (χ0v) is 10.5. The van der Waals surface area contributed by atoms with E-state index in [1.54, 1.807) is 0 Å². The maximum atomic E-state index is 13.0. The Hall–Kier alpha value is -1.98. The van der Waals surface area contributed by atoms with E-state index in [1.807, 2.05) is 20.8 Å². The minimum atomic E-state index is -0.703. The molecule has 0 spiro atoms. The fraction of sp³-hybridized carbons (Fsp3) is 0.417. The molecular formula is C12H15FN2O3. The Bertz CT molecular complexity index is 481. The lowest BCUT2D eigenvalue weighted by Gasteiger charge is -2.18. The van der Waals surface area contributed by atoms with E-state index < -0.39 is 22.3 Å². The first kappa shape index (κ1) is 14.1. The van der Waals surface area contributed by atoms with E-state index in [4.69, 9.17) is 0 Å². The molecule has 1 aromatic rings. The van der Waals surface area contributed by atoms with E-state index in [0.29, 0.717) is 6.54 Å². The van der Waals surface area contributed by atoms with Crippen LogP contribution in [0.1, 0.15) is 31.1 Å². The number of benzene rings is 1. The number of nitro groups is 1. The van der Waals surface area contributed by atoms with Crippen LogP contribution in [0.2, 0.25) is 0 Å². The van der Waals surface area contributed by atoms with Gasteiger partial charge >= 0.3 is 0 Å². The first-order valence-electron chi connectivity index (χ1n) is 5.43. The van der Waals surface area contributed by atoms with Crippen molar-refractivity contribution in [1.82, 2.24) is 5.32 Å². The number of rotatable bonds is 3. The molecule has 1 aromatic carbocycles. The van der Waals surface area contributed by atoms with Crippen LogP contribution in [-0.4, -0.2) is 17.4 Å². The standard InChI is InChI=1S/C12H15FN2O3/c1-12(2,3)7-14-11(16)9-6-8(13)4-5-10(9)15(17)18/h4-6H,7H2,1-3H3,(H,14,16). The second kappa shape index (κ2) is 5.12. The predicted octanol–water partition coefficient (Wildman–Crippen LogP) is 2.51. The lowest BCUT2D eigenvalue weighted by molar-refractivity contribution is -0.385. The summed E-state index contributed by atoms with van der Waals surface area (Å²) in [5.74, 6) is -1.32. The number of carbonyl (C=O) groups is 1. The second-order valence-electron chi connectivity index (χ2n) is 5.16. The molecule has 0 unspecified atom stereocenters. The zero-order chi connectivity index (χ0) is 13.9. The Balaban J connectivity index is 2.97. The molecule has 1 amide bonds. The number of nitro benzene ring substituents is 1. The van der Waals surface area contributed by atoms with Crippen LogP contribution in [0.5, 0.6) is 0 Å². The summed E-state index contributed by atoms with van der Waals surface area (Å²) in [6.45, 7) is 6.08. The number of hydrogen-bond acceptors (Lipinski definition) is 3. The van der Waals surface area contributed by atoms with Crippen molar-refractivity contribution in [3.63, 3.8) is 0 Å². The van der Waals surface area contributed by atoms with Gasteiger partial charge in [-0.15, -0.1) is 0 Å². The molecule has 18 heavy (non-hydrogen) atoms. The van der Waals surface area contributed by atoms with Gasteiger partial charge in [-0.3, -0.25) is 14.9 Å². The van der Waals surface area contributed by atoms with Gasteiger partial charge in [-0.1, -0.05) is 20.8 Å². The summed E-state index contributed by atoms with van der Waals surface area (Å²) in [7, 11) is 0. The van der Waals surface area contributed by atoms with Gasteiger partial charge in [0.15, 0.2) is 0 Å². The van der Waals surface area contributed by atoms with Crippen LogP contribution in [0, 0.1) is 21.3 Å². The Labute approximate surface area is 104 Å². The molecule has 0 radical (unpaired) electrons. The van der Waals surface area contributed by atoms with Gasteiger partial charge in [-0.2, -0.15) is 0 Å². The van der Waals surface area contributed by atoms with Crippen molar-refractivity contribution < 1.29 is 14.1 Å². The lowest BCUT2D eigenvalue weighted by atomic mass is 9.97. The third-order valence-corrected chi connectivity index (χ3v) is 2.18. The van der Waals surface area contributed by atoms with Crippen molar-refractivity contribution in [1.29, 1.82) is 0 Å². The van der Waals surface area contributed by atoms with Gasteiger partial charge in [0.2, 0.25) is 0 Å². The first-order valence-corrected chi connectivity index (χ1v) is 5.43. The third kappa shape index (κ3) is 3.80. The molecule has 0 saturated carbocycles. The number of hydrogen-bond donors (Lipinski definition) is 1. The Morgan fingerprint density at radius 2 is 2.06 bits per heavy atom. The van der Waals surface area contributed by atoms with Gasteiger partial charge in [-0.05, 0) is 17.5 Å². The van der Waals surface area contributed by atoms with Crippen LogP contribution in [-0.2, 0) is 0 Å². The number of halogens is 1. The molecule has 1 rings (SSSR count). The first-order chi connectivity index (χ1) is 8.20. The fourth-order valence-corrected chi connectivity index (χ4v) is 1.29. The number of nitrogens with zero attached hydrogens (tertiary/aromatic N) is 1. The Morgan fingerprint density at radius 3 is 2.56 bits per heavy atom. The van der Waals surface area contributed by atoms with E-state index in [-0.39, 0.29) is 11.0 Å². The summed E-state index contributed by atoms with van der Waals surface area (Å²) in [6.07, 6.45) is 0. The molecule has 0 bridgehead atoms. The maximum Gasteiger partial charge on any atom is 0.282 e. The van der Waals surface area contributed by atoms with Crippen molar-refractivity contribution in [2.24, 2.45) is 5.41 Å². The van der Waals surface area contributed by atoms with Crippen molar-refractivity contribution >= 4 is 11.6 Å². The largest absolute Gasteiger partial charge is 0.351 e. The van der Waals surface area contributed by atoms with E-state index in [1.165, 1.54) is 0 Å². The molecule has 5 nitrogen and oxygen atoms in total. The molecule has 0 aliphatic heterocycles. The average Bonchev–Trinajstić information content (AvgIpc) is 2.24.